The van der Waals surface area contributed by atoms with E-state index in [2.05, 4.69) is 5.32 Å². The first-order chi connectivity index (χ1) is 9.96. The molecule has 0 radical (unpaired) electrons. The SMILES string of the molecule is COc1cc(N)c(Nc2cc(Cl)c(Cl)cc2Cl)cc1OC. The number of benzene rings is 2. The summed E-state index contributed by atoms with van der Waals surface area (Å²) in [6, 6.07) is 6.56. The highest BCUT2D eigenvalue weighted by Gasteiger charge is 2.12. The Morgan fingerprint density at radius 1 is 0.810 bits per heavy atom. The molecule has 0 aliphatic rings. The number of rotatable bonds is 4. The maximum absolute atomic E-state index is 6.13. The molecule has 2 rings (SSSR count). The second kappa shape index (κ2) is 6.52. The normalized spacial score (nSPS) is 10.3. The van der Waals surface area contributed by atoms with Crippen LogP contribution in [0.5, 0.6) is 11.5 Å². The predicted octanol–water partition coefficient (Wildman–Crippen LogP) is 4.99. The van der Waals surface area contributed by atoms with Crippen molar-refractivity contribution in [1.29, 1.82) is 0 Å². The highest BCUT2D eigenvalue weighted by atomic mass is 35.5. The number of halogens is 3. The van der Waals surface area contributed by atoms with Crippen LogP contribution >= 0.6 is 34.8 Å². The predicted molar refractivity (Wildman–Crippen MR) is 88.7 cm³/mol. The largest absolute Gasteiger partial charge is 0.493 e. The van der Waals surface area contributed by atoms with Crippen molar-refractivity contribution in [2.45, 2.75) is 0 Å². The number of ether oxygens (including phenoxy) is 2. The van der Waals surface area contributed by atoms with Crippen LogP contribution in [0, 0.1) is 0 Å². The lowest BCUT2D eigenvalue weighted by molar-refractivity contribution is 0.355. The zero-order valence-corrected chi connectivity index (χ0v) is 13.6. The van der Waals surface area contributed by atoms with Gasteiger partial charge in [0.05, 0.1) is 46.3 Å². The van der Waals surface area contributed by atoms with Crippen LogP contribution in [0.4, 0.5) is 17.1 Å². The smallest absolute Gasteiger partial charge is 0.162 e. The van der Waals surface area contributed by atoms with Gasteiger partial charge in [-0.3, -0.25) is 0 Å². The monoisotopic (exact) mass is 346 g/mol. The Kier molecular flexibility index (Phi) is 4.93. The topological polar surface area (TPSA) is 56.5 Å². The summed E-state index contributed by atoms with van der Waals surface area (Å²) in [6.45, 7) is 0. The highest BCUT2D eigenvalue weighted by molar-refractivity contribution is 6.44. The molecule has 3 N–H and O–H groups in total. The Labute approximate surface area is 137 Å². The number of nitrogens with one attached hydrogen (secondary N) is 1. The molecule has 0 amide bonds. The Bertz CT molecular complexity index is 678. The molecule has 0 fully saturated rings. The molecular weight excluding hydrogens is 335 g/mol. The average molecular weight is 348 g/mol. The van der Waals surface area contributed by atoms with E-state index in [1.807, 2.05) is 0 Å². The molecule has 0 saturated heterocycles. The fraction of sp³-hybridized carbons (Fsp3) is 0.143. The Morgan fingerprint density at radius 2 is 1.38 bits per heavy atom. The molecule has 0 aromatic heterocycles. The van der Waals surface area contributed by atoms with E-state index < -0.39 is 0 Å². The van der Waals surface area contributed by atoms with Gasteiger partial charge in [-0.25, -0.2) is 0 Å². The van der Waals surface area contributed by atoms with Crippen LogP contribution in [0.1, 0.15) is 0 Å². The number of methoxy groups -OCH3 is 2. The second-order valence-electron chi connectivity index (χ2n) is 4.17. The number of hydrogen-bond donors (Lipinski definition) is 2. The summed E-state index contributed by atoms with van der Waals surface area (Å²) in [4.78, 5) is 0. The van der Waals surface area contributed by atoms with E-state index in [1.165, 1.54) is 0 Å². The Morgan fingerprint density at radius 3 is 2.00 bits per heavy atom. The summed E-state index contributed by atoms with van der Waals surface area (Å²) >= 11 is 18.0. The van der Waals surface area contributed by atoms with Crippen LogP contribution in [0.15, 0.2) is 24.3 Å². The van der Waals surface area contributed by atoms with Crippen molar-refractivity contribution in [3.8, 4) is 11.5 Å². The molecule has 0 saturated carbocycles. The number of anilines is 3. The van der Waals surface area contributed by atoms with Crippen LogP contribution in [0.2, 0.25) is 15.1 Å². The standard InChI is InChI=1S/C14H13Cl3N2O2/c1-20-13-5-10(18)12(6-14(13)21-2)19-11-4-8(16)7(15)3-9(11)17/h3-6,19H,18H2,1-2H3. The maximum Gasteiger partial charge on any atom is 0.162 e. The van der Waals surface area contributed by atoms with Crippen molar-refractivity contribution in [1.82, 2.24) is 0 Å². The van der Waals surface area contributed by atoms with Crippen molar-refractivity contribution in [3.63, 3.8) is 0 Å². The van der Waals surface area contributed by atoms with Gasteiger partial charge in [0.2, 0.25) is 0 Å². The zero-order chi connectivity index (χ0) is 15.6. The van der Waals surface area contributed by atoms with Gasteiger partial charge in [-0.1, -0.05) is 34.8 Å². The van der Waals surface area contributed by atoms with E-state index in [4.69, 9.17) is 50.0 Å². The lowest BCUT2D eigenvalue weighted by atomic mass is 10.2. The molecule has 0 spiro atoms. The van der Waals surface area contributed by atoms with Crippen LogP contribution in [-0.4, -0.2) is 14.2 Å². The quantitative estimate of drug-likeness (QED) is 0.604. The first kappa shape index (κ1) is 15.9. The third-order valence-electron chi connectivity index (χ3n) is 2.84. The third kappa shape index (κ3) is 3.40. The molecule has 0 aliphatic carbocycles. The molecule has 2 aromatic rings. The molecule has 7 heteroatoms. The van der Waals surface area contributed by atoms with Crippen LogP contribution in [0.25, 0.3) is 0 Å². The summed E-state index contributed by atoms with van der Waals surface area (Å²) in [6.07, 6.45) is 0. The number of nitrogen functional groups attached to an aromatic ring is 1. The maximum atomic E-state index is 6.13. The first-order valence-corrected chi connectivity index (χ1v) is 7.02. The fourth-order valence-electron chi connectivity index (χ4n) is 1.77. The minimum atomic E-state index is 0.382. The second-order valence-corrected chi connectivity index (χ2v) is 5.39. The van der Waals surface area contributed by atoms with Gasteiger partial charge >= 0.3 is 0 Å². The molecular formula is C14H13Cl3N2O2. The van der Waals surface area contributed by atoms with Crippen molar-refractivity contribution in [3.05, 3.63) is 39.3 Å². The van der Waals surface area contributed by atoms with Gasteiger partial charge in [-0.2, -0.15) is 0 Å². The van der Waals surface area contributed by atoms with Crippen LogP contribution < -0.4 is 20.5 Å². The highest BCUT2D eigenvalue weighted by Crippen LogP contribution is 2.39. The molecule has 0 aliphatic heterocycles. The summed E-state index contributed by atoms with van der Waals surface area (Å²) in [5, 5.41) is 4.30. The van der Waals surface area contributed by atoms with Gasteiger partial charge in [0, 0.05) is 12.1 Å². The molecule has 0 heterocycles. The van der Waals surface area contributed by atoms with Gasteiger partial charge < -0.3 is 20.5 Å². The summed E-state index contributed by atoms with van der Waals surface area (Å²) in [7, 11) is 3.09. The summed E-state index contributed by atoms with van der Waals surface area (Å²) < 4.78 is 10.4. The molecule has 0 bridgehead atoms. The van der Waals surface area contributed by atoms with E-state index in [1.54, 1.807) is 38.5 Å². The Balaban J connectivity index is 2.42. The Hall–Kier alpha value is -1.49. The summed E-state index contributed by atoms with van der Waals surface area (Å²) in [5.41, 5.74) is 7.67. The van der Waals surface area contributed by atoms with Gasteiger partial charge in [-0.15, -0.1) is 0 Å². The van der Waals surface area contributed by atoms with Gasteiger partial charge in [0.1, 0.15) is 0 Å². The first-order valence-electron chi connectivity index (χ1n) is 5.89. The summed E-state index contributed by atoms with van der Waals surface area (Å²) in [5.74, 6) is 1.09. The third-order valence-corrected chi connectivity index (χ3v) is 3.87. The minimum absolute atomic E-state index is 0.382. The van der Waals surface area contributed by atoms with E-state index in [9.17, 15) is 0 Å². The van der Waals surface area contributed by atoms with E-state index in [0.29, 0.717) is 43.6 Å². The molecule has 0 unspecified atom stereocenters. The van der Waals surface area contributed by atoms with E-state index in [-0.39, 0.29) is 0 Å². The van der Waals surface area contributed by atoms with Gasteiger partial charge in [0.25, 0.3) is 0 Å². The van der Waals surface area contributed by atoms with Crippen molar-refractivity contribution >= 4 is 51.9 Å². The zero-order valence-electron chi connectivity index (χ0n) is 11.3. The molecule has 0 atom stereocenters. The van der Waals surface area contributed by atoms with E-state index >= 15 is 0 Å². The van der Waals surface area contributed by atoms with Crippen LogP contribution in [0.3, 0.4) is 0 Å². The molecule has 2 aromatic carbocycles. The van der Waals surface area contributed by atoms with Gasteiger partial charge in [0.15, 0.2) is 11.5 Å². The fourth-order valence-corrected chi connectivity index (χ4v) is 2.36. The minimum Gasteiger partial charge on any atom is -0.493 e. The van der Waals surface area contributed by atoms with Crippen molar-refractivity contribution in [2.75, 3.05) is 25.3 Å². The van der Waals surface area contributed by atoms with Crippen molar-refractivity contribution < 1.29 is 9.47 Å². The van der Waals surface area contributed by atoms with Crippen LogP contribution in [-0.2, 0) is 0 Å². The number of nitrogens with two attached hydrogens (primary N) is 1. The molecule has 112 valence electrons. The lowest BCUT2D eigenvalue weighted by Crippen LogP contribution is -2.00. The number of hydrogen-bond acceptors (Lipinski definition) is 4. The average Bonchev–Trinajstić information content (AvgIpc) is 2.46. The van der Waals surface area contributed by atoms with Crippen molar-refractivity contribution in [2.24, 2.45) is 0 Å². The van der Waals surface area contributed by atoms with E-state index in [0.717, 1.165) is 0 Å². The lowest BCUT2D eigenvalue weighted by Gasteiger charge is -2.15. The van der Waals surface area contributed by atoms with Gasteiger partial charge in [-0.05, 0) is 12.1 Å². The molecule has 21 heavy (non-hydrogen) atoms. The molecule has 4 nitrogen and oxygen atoms in total.